The third-order valence-electron chi connectivity index (χ3n) is 3.59. The van der Waals surface area contributed by atoms with Crippen LogP contribution in [-0.2, 0) is 6.42 Å². The highest BCUT2D eigenvalue weighted by Crippen LogP contribution is 2.42. The van der Waals surface area contributed by atoms with E-state index in [-0.39, 0.29) is 5.82 Å². The van der Waals surface area contributed by atoms with Crippen LogP contribution in [0.15, 0.2) is 70.8 Å². The SMILES string of the molecule is C=CSc1sc(Cc2ccc(F)cc2)c(-c2ccccc2)c1C#N. The average molecular weight is 351 g/mol. The minimum absolute atomic E-state index is 0.242. The molecule has 0 bridgehead atoms. The number of thiophene rings is 1. The van der Waals surface area contributed by atoms with Crippen molar-refractivity contribution in [2.75, 3.05) is 0 Å². The van der Waals surface area contributed by atoms with E-state index in [2.05, 4.69) is 12.6 Å². The number of halogens is 1. The number of thioether (sulfide) groups is 1. The van der Waals surface area contributed by atoms with E-state index in [1.54, 1.807) is 28.9 Å². The number of benzene rings is 2. The van der Waals surface area contributed by atoms with Crippen LogP contribution in [0.3, 0.4) is 0 Å². The van der Waals surface area contributed by atoms with Gasteiger partial charge in [-0.25, -0.2) is 4.39 Å². The van der Waals surface area contributed by atoms with E-state index in [1.165, 1.54) is 23.9 Å². The molecule has 24 heavy (non-hydrogen) atoms. The lowest BCUT2D eigenvalue weighted by molar-refractivity contribution is 0.627. The lowest BCUT2D eigenvalue weighted by Crippen LogP contribution is -1.90. The number of rotatable bonds is 5. The van der Waals surface area contributed by atoms with Gasteiger partial charge in [-0.3, -0.25) is 0 Å². The van der Waals surface area contributed by atoms with Crippen molar-refractivity contribution >= 4 is 23.1 Å². The minimum atomic E-state index is -0.242. The van der Waals surface area contributed by atoms with Crippen molar-refractivity contribution in [3.05, 3.63) is 88.4 Å². The Kier molecular flexibility index (Phi) is 5.14. The standard InChI is InChI=1S/C20H14FNS2/c1-2-23-20-17(13-22)19(15-6-4-3-5-7-15)18(24-20)12-14-8-10-16(21)11-9-14/h2-11H,1,12H2. The van der Waals surface area contributed by atoms with Crippen molar-refractivity contribution in [2.24, 2.45) is 0 Å². The Morgan fingerprint density at radius 1 is 1.12 bits per heavy atom. The van der Waals surface area contributed by atoms with Gasteiger partial charge in [-0.15, -0.1) is 11.3 Å². The second-order valence-corrected chi connectivity index (χ2v) is 7.47. The fraction of sp³-hybridized carbons (Fsp3) is 0.0500. The summed E-state index contributed by atoms with van der Waals surface area (Å²) in [5, 5.41) is 11.4. The molecule has 0 aliphatic heterocycles. The molecule has 4 heteroatoms. The highest BCUT2D eigenvalue weighted by molar-refractivity contribution is 8.03. The Bertz CT molecular complexity index is 890. The van der Waals surface area contributed by atoms with Crippen LogP contribution in [0.25, 0.3) is 11.1 Å². The number of nitrogens with zero attached hydrogens (tertiary/aromatic N) is 1. The summed E-state index contributed by atoms with van der Waals surface area (Å²) < 4.78 is 14.1. The van der Waals surface area contributed by atoms with E-state index >= 15 is 0 Å². The maximum Gasteiger partial charge on any atom is 0.123 e. The summed E-state index contributed by atoms with van der Waals surface area (Å²) in [6.07, 6.45) is 0.668. The first-order chi connectivity index (χ1) is 11.7. The van der Waals surface area contributed by atoms with E-state index in [4.69, 9.17) is 0 Å². The highest BCUT2D eigenvalue weighted by atomic mass is 32.2. The molecule has 0 saturated carbocycles. The molecule has 0 radical (unpaired) electrons. The Labute approximate surface area is 149 Å². The summed E-state index contributed by atoms with van der Waals surface area (Å²) >= 11 is 3.07. The summed E-state index contributed by atoms with van der Waals surface area (Å²) in [6, 6.07) is 18.8. The van der Waals surface area contributed by atoms with Crippen molar-refractivity contribution < 1.29 is 4.39 Å². The van der Waals surface area contributed by atoms with Crippen molar-refractivity contribution in [3.63, 3.8) is 0 Å². The first-order valence-corrected chi connectivity index (χ1v) is 9.05. The molecular weight excluding hydrogens is 337 g/mol. The van der Waals surface area contributed by atoms with Crippen LogP contribution in [0.1, 0.15) is 16.0 Å². The molecule has 3 rings (SSSR count). The van der Waals surface area contributed by atoms with Crippen LogP contribution in [0.5, 0.6) is 0 Å². The molecule has 0 N–H and O–H groups in total. The number of hydrogen-bond donors (Lipinski definition) is 0. The van der Waals surface area contributed by atoms with Gasteiger partial charge in [0.1, 0.15) is 11.9 Å². The molecule has 0 amide bonds. The largest absolute Gasteiger partial charge is 0.207 e. The zero-order valence-electron chi connectivity index (χ0n) is 12.8. The average Bonchev–Trinajstić information content (AvgIpc) is 2.95. The Hall–Kier alpha value is -2.35. The van der Waals surface area contributed by atoms with Crippen molar-refractivity contribution in [2.45, 2.75) is 10.6 Å². The van der Waals surface area contributed by atoms with Gasteiger partial charge in [0, 0.05) is 16.9 Å². The first kappa shape index (κ1) is 16.5. The third kappa shape index (κ3) is 3.43. The lowest BCUT2D eigenvalue weighted by Gasteiger charge is -2.05. The molecule has 3 aromatic rings. The van der Waals surface area contributed by atoms with Gasteiger partial charge in [0.05, 0.1) is 9.77 Å². The normalized spacial score (nSPS) is 10.3. The topological polar surface area (TPSA) is 23.8 Å². The molecule has 2 aromatic carbocycles. The summed E-state index contributed by atoms with van der Waals surface area (Å²) in [4.78, 5) is 1.11. The van der Waals surface area contributed by atoms with Gasteiger partial charge >= 0.3 is 0 Å². The molecule has 0 unspecified atom stereocenters. The molecule has 1 heterocycles. The molecule has 0 fully saturated rings. The number of nitriles is 1. The smallest absolute Gasteiger partial charge is 0.123 e. The van der Waals surface area contributed by atoms with Crippen LogP contribution in [0.4, 0.5) is 4.39 Å². The third-order valence-corrected chi connectivity index (χ3v) is 5.70. The zero-order chi connectivity index (χ0) is 16.9. The van der Waals surface area contributed by atoms with E-state index in [0.717, 1.165) is 25.8 Å². The van der Waals surface area contributed by atoms with Gasteiger partial charge in [0.2, 0.25) is 0 Å². The van der Waals surface area contributed by atoms with Crippen LogP contribution in [0.2, 0.25) is 0 Å². The van der Waals surface area contributed by atoms with Crippen molar-refractivity contribution in [3.8, 4) is 17.2 Å². The fourth-order valence-electron chi connectivity index (χ4n) is 2.54. The monoisotopic (exact) mass is 351 g/mol. The van der Waals surface area contributed by atoms with Gasteiger partial charge in [-0.2, -0.15) is 5.26 Å². The van der Waals surface area contributed by atoms with Gasteiger partial charge in [-0.05, 0) is 28.7 Å². The predicted octanol–water partition coefficient (Wildman–Crippen LogP) is 6.25. The molecule has 0 aliphatic carbocycles. The fourth-order valence-corrected chi connectivity index (χ4v) is 4.69. The van der Waals surface area contributed by atoms with Crippen LogP contribution in [0, 0.1) is 17.1 Å². The van der Waals surface area contributed by atoms with Gasteiger partial charge < -0.3 is 0 Å². The minimum Gasteiger partial charge on any atom is -0.207 e. The molecule has 0 aliphatic rings. The van der Waals surface area contributed by atoms with Crippen LogP contribution in [-0.4, -0.2) is 0 Å². The lowest BCUT2D eigenvalue weighted by atomic mass is 9.99. The summed E-state index contributed by atoms with van der Waals surface area (Å²) in [5.74, 6) is -0.242. The second kappa shape index (κ2) is 7.48. The summed E-state index contributed by atoms with van der Waals surface area (Å²) in [7, 11) is 0. The maximum absolute atomic E-state index is 13.1. The quantitative estimate of drug-likeness (QED) is 0.507. The van der Waals surface area contributed by atoms with Crippen LogP contribution >= 0.6 is 23.1 Å². The Balaban J connectivity index is 2.12. The molecule has 0 saturated heterocycles. The molecule has 0 spiro atoms. The molecule has 118 valence electrons. The van der Waals surface area contributed by atoms with Gasteiger partial charge in [-0.1, -0.05) is 60.8 Å². The van der Waals surface area contributed by atoms with Crippen molar-refractivity contribution in [1.82, 2.24) is 0 Å². The molecule has 0 atom stereocenters. The van der Waals surface area contributed by atoms with Crippen molar-refractivity contribution in [1.29, 1.82) is 5.26 Å². The summed E-state index contributed by atoms with van der Waals surface area (Å²) in [6.45, 7) is 3.76. The van der Waals surface area contributed by atoms with Crippen LogP contribution < -0.4 is 0 Å². The summed E-state index contributed by atoms with van der Waals surface area (Å²) in [5.41, 5.74) is 3.71. The Morgan fingerprint density at radius 2 is 1.83 bits per heavy atom. The molecule has 1 nitrogen and oxygen atoms in total. The van der Waals surface area contributed by atoms with E-state index in [1.807, 2.05) is 30.3 Å². The molecular formula is C20H14FNS2. The maximum atomic E-state index is 13.1. The van der Waals surface area contributed by atoms with Gasteiger partial charge in [0.15, 0.2) is 0 Å². The van der Waals surface area contributed by atoms with Gasteiger partial charge in [0.25, 0.3) is 0 Å². The number of hydrogen-bond acceptors (Lipinski definition) is 3. The predicted molar refractivity (Wildman–Crippen MR) is 99.7 cm³/mol. The zero-order valence-corrected chi connectivity index (χ0v) is 14.5. The highest BCUT2D eigenvalue weighted by Gasteiger charge is 2.19. The van der Waals surface area contributed by atoms with E-state index in [9.17, 15) is 9.65 Å². The first-order valence-electron chi connectivity index (χ1n) is 7.36. The van der Waals surface area contributed by atoms with E-state index < -0.39 is 0 Å². The Morgan fingerprint density at radius 3 is 2.46 bits per heavy atom. The second-order valence-electron chi connectivity index (χ2n) is 5.13. The molecule has 1 aromatic heterocycles. The van der Waals surface area contributed by atoms with E-state index in [0.29, 0.717) is 12.0 Å².